The highest BCUT2D eigenvalue weighted by molar-refractivity contribution is 9.10. The van der Waals surface area contributed by atoms with E-state index in [0.29, 0.717) is 12.5 Å². The summed E-state index contributed by atoms with van der Waals surface area (Å²) in [6.45, 7) is 4.49. The van der Waals surface area contributed by atoms with Crippen LogP contribution in [-0.2, 0) is 4.79 Å². The fourth-order valence-electron chi connectivity index (χ4n) is 2.19. The fraction of sp³-hybridized carbons (Fsp3) is 0.533. The van der Waals surface area contributed by atoms with E-state index in [1.807, 2.05) is 31.2 Å². The van der Waals surface area contributed by atoms with Crippen molar-refractivity contribution < 1.29 is 4.79 Å². The third-order valence-electron chi connectivity index (χ3n) is 3.81. The van der Waals surface area contributed by atoms with E-state index in [0.717, 1.165) is 9.37 Å². The predicted octanol–water partition coefficient (Wildman–Crippen LogP) is 3.17. The topological polar surface area (TPSA) is 55.1 Å². The molecule has 1 fully saturated rings. The van der Waals surface area contributed by atoms with Crippen molar-refractivity contribution in [2.75, 3.05) is 6.54 Å². The molecule has 1 aromatic carbocycles. The first-order chi connectivity index (χ1) is 9.44. The van der Waals surface area contributed by atoms with Crippen molar-refractivity contribution in [3.63, 3.8) is 0 Å². The van der Waals surface area contributed by atoms with E-state index >= 15 is 0 Å². The molecule has 0 saturated heterocycles. The van der Waals surface area contributed by atoms with Crippen LogP contribution in [0.1, 0.15) is 26.7 Å². The van der Waals surface area contributed by atoms with Crippen LogP contribution in [0.3, 0.4) is 0 Å². The van der Waals surface area contributed by atoms with E-state index in [1.165, 1.54) is 12.8 Å². The zero-order chi connectivity index (χ0) is 14.8. The van der Waals surface area contributed by atoms with E-state index in [4.69, 9.17) is 5.73 Å². The van der Waals surface area contributed by atoms with Crippen LogP contribution < -0.4 is 11.1 Å². The molecular formula is C15H21BrN2OS. The van der Waals surface area contributed by atoms with Crippen LogP contribution in [0, 0.1) is 5.92 Å². The third-order valence-corrected chi connectivity index (χ3v) is 5.45. The molecule has 20 heavy (non-hydrogen) atoms. The van der Waals surface area contributed by atoms with Gasteiger partial charge in [0.05, 0.1) is 10.8 Å². The van der Waals surface area contributed by atoms with Crippen molar-refractivity contribution in [3.8, 4) is 0 Å². The summed E-state index contributed by atoms with van der Waals surface area (Å²) >= 11 is 4.98. The van der Waals surface area contributed by atoms with Gasteiger partial charge in [0, 0.05) is 15.9 Å². The Balaban J connectivity index is 1.93. The Morgan fingerprint density at radius 2 is 2.10 bits per heavy atom. The van der Waals surface area contributed by atoms with Crippen LogP contribution in [0.25, 0.3) is 0 Å². The van der Waals surface area contributed by atoms with Crippen LogP contribution in [-0.4, -0.2) is 23.2 Å². The molecule has 0 heterocycles. The quantitative estimate of drug-likeness (QED) is 0.769. The average Bonchev–Trinajstić information content (AvgIpc) is 3.26. The first kappa shape index (κ1) is 15.9. The van der Waals surface area contributed by atoms with Crippen molar-refractivity contribution in [1.29, 1.82) is 0 Å². The molecular weight excluding hydrogens is 336 g/mol. The van der Waals surface area contributed by atoms with Gasteiger partial charge in [-0.1, -0.05) is 15.9 Å². The monoisotopic (exact) mass is 356 g/mol. The Morgan fingerprint density at radius 1 is 1.50 bits per heavy atom. The number of hydrogen-bond acceptors (Lipinski definition) is 3. The summed E-state index contributed by atoms with van der Waals surface area (Å²) in [6, 6.07) is 8.01. The van der Waals surface area contributed by atoms with Gasteiger partial charge in [-0.2, -0.15) is 0 Å². The molecule has 1 saturated carbocycles. The summed E-state index contributed by atoms with van der Waals surface area (Å²) in [6.07, 6.45) is 2.34. The van der Waals surface area contributed by atoms with E-state index in [9.17, 15) is 4.79 Å². The molecule has 0 bridgehead atoms. The Labute approximate surface area is 133 Å². The highest BCUT2D eigenvalue weighted by atomic mass is 79.9. The van der Waals surface area contributed by atoms with E-state index < -0.39 is 0 Å². The van der Waals surface area contributed by atoms with Gasteiger partial charge >= 0.3 is 0 Å². The molecule has 0 spiro atoms. The van der Waals surface area contributed by atoms with Crippen LogP contribution >= 0.6 is 27.7 Å². The largest absolute Gasteiger partial charge is 0.348 e. The summed E-state index contributed by atoms with van der Waals surface area (Å²) in [5.41, 5.74) is 5.59. The minimum Gasteiger partial charge on any atom is -0.348 e. The number of hydrogen-bond donors (Lipinski definition) is 2. The molecule has 1 amide bonds. The van der Waals surface area contributed by atoms with Crippen molar-refractivity contribution in [2.24, 2.45) is 11.7 Å². The van der Waals surface area contributed by atoms with Crippen molar-refractivity contribution in [1.82, 2.24) is 5.32 Å². The molecule has 0 aromatic heterocycles. The van der Waals surface area contributed by atoms with Gasteiger partial charge in [0.1, 0.15) is 0 Å². The number of nitrogens with one attached hydrogen (secondary N) is 1. The smallest absolute Gasteiger partial charge is 0.233 e. The first-order valence-electron chi connectivity index (χ1n) is 6.89. The fourth-order valence-corrected chi connectivity index (χ4v) is 3.33. The van der Waals surface area contributed by atoms with Crippen LogP contribution in [0.5, 0.6) is 0 Å². The standard InChI is InChI=1S/C15H21BrN2OS/c1-10(20-13-7-5-12(16)6-8-13)14(19)18-15(2,9-17)11-3-4-11/h5-8,10-11H,3-4,9,17H2,1-2H3,(H,18,19). The van der Waals surface area contributed by atoms with E-state index in [2.05, 4.69) is 28.2 Å². The van der Waals surface area contributed by atoms with Crippen molar-refractivity contribution in [2.45, 2.75) is 42.4 Å². The molecule has 1 aliphatic rings. The number of amides is 1. The molecule has 3 nitrogen and oxygen atoms in total. The summed E-state index contributed by atoms with van der Waals surface area (Å²) < 4.78 is 1.04. The molecule has 0 radical (unpaired) electrons. The number of benzene rings is 1. The summed E-state index contributed by atoms with van der Waals surface area (Å²) in [7, 11) is 0. The first-order valence-corrected chi connectivity index (χ1v) is 8.56. The molecule has 1 aromatic rings. The average molecular weight is 357 g/mol. The number of thioether (sulfide) groups is 1. The zero-order valence-corrected chi connectivity index (χ0v) is 14.3. The second kappa shape index (κ2) is 6.50. The number of nitrogens with two attached hydrogens (primary N) is 1. The Bertz CT molecular complexity index is 475. The highest BCUT2D eigenvalue weighted by Crippen LogP contribution is 2.39. The van der Waals surface area contributed by atoms with E-state index in [1.54, 1.807) is 11.8 Å². The van der Waals surface area contributed by atoms with Crippen molar-refractivity contribution >= 4 is 33.6 Å². The lowest BCUT2D eigenvalue weighted by molar-refractivity contribution is -0.122. The third kappa shape index (κ3) is 3.99. The van der Waals surface area contributed by atoms with Gasteiger partial charge < -0.3 is 11.1 Å². The van der Waals surface area contributed by atoms with Crippen LogP contribution in [0.4, 0.5) is 0 Å². The van der Waals surface area contributed by atoms with Crippen LogP contribution in [0.15, 0.2) is 33.6 Å². The number of rotatable bonds is 6. The van der Waals surface area contributed by atoms with Gasteiger partial charge in [0.25, 0.3) is 0 Å². The summed E-state index contributed by atoms with van der Waals surface area (Å²) in [4.78, 5) is 13.4. The van der Waals surface area contributed by atoms with Gasteiger partial charge in [0.2, 0.25) is 5.91 Å². The Hall–Kier alpha value is -0.520. The highest BCUT2D eigenvalue weighted by Gasteiger charge is 2.42. The zero-order valence-electron chi connectivity index (χ0n) is 11.9. The van der Waals surface area contributed by atoms with E-state index in [-0.39, 0.29) is 16.7 Å². The summed E-state index contributed by atoms with van der Waals surface area (Å²) in [5, 5.41) is 3.02. The second-order valence-corrected chi connectivity index (χ2v) is 7.93. The lowest BCUT2D eigenvalue weighted by atomic mass is 9.96. The molecule has 110 valence electrons. The minimum absolute atomic E-state index is 0.0674. The van der Waals surface area contributed by atoms with Gasteiger partial charge in [-0.15, -0.1) is 11.8 Å². The van der Waals surface area contributed by atoms with Gasteiger partial charge in [-0.05, 0) is 56.9 Å². The predicted molar refractivity (Wildman–Crippen MR) is 87.8 cm³/mol. The lowest BCUT2D eigenvalue weighted by Gasteiger charge is -2.30. The van der Waals surface area contributed by atoms with Crippen LogP contribution in [0.2, 0.25) is 0 Å². The Morgan fingerprint density at radius 3 is 2.60 bits per heavy atom. The molecule has 0 aliphatic heterocycles. The van der Waals surface area contributed by atoms with Crippen molar-refractivity contribution in [3.05, 3.63) is 28.7 Å². The number of carbonyl (C=O) groups is 1. The van der Waals surface area contributed by atoms with Gasteiger partial charge in [-0.25, -0.2) is 0 Å². The maximum absolute atomic E-state index is 12.3. The molecule has 2 rings (SSSR count). The minimum atomic E-state index is -0.244. The molecule has 1 aliphatic carbocycles. The molecule has 5 heteroatoms. The normalized spacial score (nSPS) is 19.2. The van der Waals surface area contributed by atoms with Gasteiger partial charge in [0.15, 0.2) is 0 Å². The Kier molecular flexibility index (Phi) is 5.15. The molecule has 2 unspecified atom stereocenters. The van der Waals surface area contributed by atoms with Gasteiger partial charge in [-0.3, -0.25) is 4.79 Å². The maximum Gasteiger partial charge on any atom is 0.233 e. The summed E-state index contributed by atoms with van der Waals surface area (Å²) in [5.74, 6) is 0.610. The molecule has 2 atom stereocenters. The SMILES string of the molecule is CC(Sc1ccc(Br)cc1)C(=O)NC(C)(CN)C1CC1. The second-order valence-electron chi connectivity index (χ2n) is 5.60. The maximum atomic E-state index is 12.3. The molecule has 3 N–H and O–H groups in total. The lowest BCUT2D eigenvalue weighted by Crippen LogP contribution is -2.54. The number of carbonyl (C=O) groups excluding carboxylic acids is 1. The number of halogens is 1.